The first-order valence-corrected chi connectivity index (χ1v) is 4.10. The van der Waals surface area contributed by atoms with E-state index in [0.717, 1.165) is 5.32 Å². The third kappa shape index (κ3) is 3.02. The zero-order valence-corrected chi connectivity index (χ0v) is 8.26. The van der Waals surface area contributed by atoms with Crippen molar-refractivity contribution >= 4 is 23.3 Å². The van der Waals surface area contributed by atoms with E-state index in [1.54, 1.807) is 0 Å². The molecule has 1 rings (SSSR count). The molecule has 1 heterocycles. The largest absolute Gasteiger partial charge is 0.471 e. The number of anilines is 1. The number of hydrogen-bond acceptors (Lipinski definition) is 2. The molecular formula is C6H2ClF6N3O. The highest BCUT2D eigenvalue weighted by molar-refractivity contribution is 6.34. The van der Waals surface area contributed by atoms with Gasteiger partial charge in [0.2, 0.25) is 0 Å². The fraction of sp³-hybridized carbons (Fsp3) is 0.333. The minimum atomic E-state index is -5.25. The van der Waals surface area contributed by atoms with E-state index in [0.29, 0.717) is 0 Å². The summed E-state index contributed by atoms with van der Waals surface area (Å²) < 4.78 is 71.8. The summed E-state index contributed by atoms with van der Waals surface area (Å²) in [6, 6.07) is 0. The van der Waals surface area contributed by atoms with Gasteiger partial charge in [-0.05, 0) is 0 Å². The number of alkyl halides is 6. The van der Waals surface area contributed by atoms with Crippen molar-refractivity contribution in [3.63, 3.8) is 0 Å². The number of hydrogen-bond donors (Lipinski definition) is 2. The van der Waals surface area contributed by atoms with Crippen LogP contribution in [0.5, 0.6) is 0 Å². The van der Waals surface area contributed by atoms with Crippen LogP contribution in [0.15, 0.2) is 0 Å². The number of aromatic nitrogens is 2. The average molecular weight is 282 g/mol. The monoisotopic (exact) mass is 281 g/mol. The number of carbonyl (C=O) groups excluding carboxylic acids is 1. The van der Waals surface area contributed by atoms with E-state index in [1.165, 1.54) is 5.10 Å². The smallest absolute Gasteiger partial charge is 0.300 e. The summed E-state index contributed by atoms with van der Waals surface area (Å²) in [5.41, 5.74) is -1.54. The van der Waals surface area contributed by atoms with Gasteiger partial charge in [-0.1, -0.05) is 11.6 Å². The summed E-state index contributed by atoms with van der Waals surface area (Å²) in [7, 11) is 0. The Bertz CT molecular complexity index is 436. The molecule has 11 heteroatoms. The maximum absolute atomic E-state index is 12.1. The van der Waals surface area contributed by atoms with Crippen molar-refractivity contribution in [3.8, 4) is 0 Å². The first-order chi connectivity index (χ1) is 7.53. The Labute approximate surface area is 93.9 Å². The van der Waals surface area contributed by atoms with Crippen molar-refractivity contribution in [1.29, 1.82) is 0 Å². The van der Waals surface area contributed by atoms with Gasteiger partial charge in [-0.25, -0.2) is 0 Å². The van der Waals surface area contributed by atoms with Gasteiger partial charge in [0.25, 0.3) is 0 Å². The predicted molar refractivity (Wildman–Crippen MR) is 43.3 cm³/mol. The molecule has 0 spiro atoms. The van der Waals surface area contributed by atoms with Crippen LogP contribution in [0.3, 0.4) is 0 Å². The van der Waals surface area contributed by atoms with E-state index in [-0.39, 0.29) is 0 Å². The molecule has 0 bridgehead atoms. The fourth-order valence-corrected chi connectivity index (χ4v) is 1.02. The van der Waals surface area contributed by atoms with Crippen molar-refractivity contribution < 1.29 is 31.1 Å². The summed E-state index contributed by atoms with van der Waals surface area (Å²) in [4.78, 5) is 10.4. The molecule has 0 radical (unpaired) electrons. The summed E-state index contributed by atoms with van der Waals surface area (Å²) in [6.45, 7) is 0. The molecule has 2 N–H and O–H groups in total. The van der Waals surface area contributed by atoms with Crippen molar-refractivity contribution in [3.05, 3.63) is 10.7 Å². The summed E-state index contributed by atoms with van der Waals surface area (Å²) >= 11 is 5.11. The molecule has 0 aliphatic heterocycles. The second-order valence-corrected chi connectivity index (χ2v) is 3.09. The summed E-state index contributed by atoms with van der Waals surface area (Å²) in [6.07, 6.45) is -10.2. The Morgan fingerprint density at radius 3 is 2.12 bits per heavy atom. The Hall–Kier alpha value is -1.45. The number of nitrogens with zero attached hydrogens (tertiary/aromatic N) is 1. The second-order valence-electron chi connectivity index (χ2n) is 2.71. The van der Waals surface area contributed by atoms with Crippen LogP contribution in [0, 0.1) is 0 Å². The normalized spacial score (nSPS) is 12.6. The molecule has 0 atom stereocenters. The molecule has 0 aliphatic rings. The zero-order valence-electron chi connectivity index (χ0n) is 7.50. The van der Waals surface area contributed by atoms with E-state index in [1.807, 2.05) is 0 Å². The molecule has 0 saturated carbocycles. The molecule has 4 nitrogen and oxygen atoms in total. The van der Waals surface area contributed by atoms with Gasteiger partial charge in [-0.3, -0.25) is 9.89 Å². The maximum atomic E-state index is 12.1. The van der Waals surface area contributed by atoms with Crippen LogP contribution in [0.4, 0.5) is 32.2 Å². The first-order valence-electron chi connectivity index (χ1n) is 3.72. The molecule has 96 valence electrons. The average Bonchev–Trinajstić information content (AvgIpc) is 2.45. The molecular weight excluding hydrogens is 280 g/mol. The number of halogens is 7. The van der Waals surface area contributed by atoms with Gasteiger partial charge in [0.1, 0.15) is 5.02 Å². The lowest BCUT2D eigenvalue weighted by Gasteiger charge is -2.06. The summed E-state index contributed by atoms with van der Waals surface area (Å²) in [5.74, 6) is -3.51. The molecule has 1 aromatic heterocycles. The highest BCUT2D eigenvalue weighted by atomic mass is 35.5. The Kier molecular flexibility index (Phi) is 3.28. The lowest BCUT2D eigenvalue weighted by molar-refractivity contribution is -0.167. The SMILES string of the molecule is O=C(Nc1n[nH]c(C(F)(F)F)c1Cl)C(F)(F)F. The minimum absolute atomic E-state index is 1.04. The molecule has 1 amide bonds. The number of amides is 1. The van der Waals surface area contributed by atoms with Crippen LogP contribution >= 0.6 is 11.6 Å². The van der Waals surface area contributed by atoms with Crippen molar-refractivity contribution in [2.24, 2.45) is 0 Å². The Balaban J connectivity index is 2.96. The van der Waals surface area contributed by atoms with Crippen molar-refractivity contribution in [2.75, 3.05) is 5.32 Å². The van der Waals surface area contributed by atoms with Gasteiger partial charge in [0.05, 0.1) is 0 Å². The number of aromatic amines is 1. The topological polar surface area (TPSA) is 57.8 Å². The Morgan fingerprint density at radius 1 is 1.24 bits per heavy atom. The van der Waals surface area contributed by atoms with Crippen LogP contribution in [-0.2, 0) is 11.0 Å². The fourth-order valence-electron chi connectivity index (χ4n) is 0.777. The van der Waals surface area contributed by atoms with E-state index in [4.69, 9.17) is 11.6 Å². The summed E-state index contributed by atoms with van der Waals surface area (Å²) in [5, 5.41) is 4.17. The molecule has 0 fully saturated rings. The van der Waals surface area contributed by atoms with Crippen LogP contribution in [0.1, 0.15) is 5.69 Å². The number of rotatable bonds is 1. The molecule has 0 unspecified atom stereocenters. The molecule has 0 aromatic carbocycles. The van der Waals surface area contributed by atoms with Crippen LogP contribution in [-0.4, -0.2) is 22.3 Å². The van der Waals surface area contributed by atoms with E-state index < -0.39 is 34.8 Å². The lowest BCUT2D eigenvalue weighted by atomic mass is 10.4. The highest BCUT2D eigenvalue weighted by Gasteiger charge is 2.41. The van der Waals surface area contributed by atoms with Crippen LogP contribution in [0.2, 0.25) is 5.02 Å². The molecule has 1 aromatic rings. The van der Waals surface area contributed by atoms with E-state index >= 15 is 0 Å². The number of carbonyl (C=O) groups is 1. The lowest BCUT2D eigenvalue weighted by Crippen LogP contribution is -2.30. The van der Waals surface area contributed by atoms with Crippen LogP contribution in [0.25, 0.3) is 0 Å². The third-order valence-electron chi connectivity index (χ3n) is 1.48. The first kappa shape index (κ1) is 13.6. The predicted octanol–water partition coefficient (Wildman–Crippen LogP) is 2.58. The molecule has 17 heavy (non-hydrogen) atoms. The standard InChI is InChI=1S/C6H2ClF6N3O/c7-1-2(5(8,9)10)15-16-3(1)14-4(17)6(11,12)13/h(H2,14,15,16,17). The zero-order chi connectivity index (χ0) is 13.4. The Morgan fingerprint density at radius 2 is 1.76 bits per heavy atom. The number of H-pyrrole nitrogens is 1. The molecule has 0 saturated heterocycles. The van der Waals surface area contributed by atoms with Gasteiger partial charge in [0.15, 0.2) is 11.5 Å². The number of nitrogens with one attached hydrogen (secondary N) is 2. The van der Waals surface area contributed by atoms with Gasteiger partial charge < -0.3 is 5.32 Å². The van der Waals surface area contributed by atoms with Gasteiger partial charge in [-0.2, -0.15) is 31.4 Å². The third-order valence-corrected chi connectivity index (χ3v) is 1.85. The molecule has 0 aliphatic carbocycles. The maximum Gasteiger partial charge on any atom is 0.471 e. The van der Waals surface area contributed by atoms with E-state index in [2.05, 4.69) is 5.10 Å². The van der Waals surface area contributed by atoms with Crippen LogP contribution < -0.4 is 5.32 Å². The van der Waals surface area contributed by atoms with Gasteiger partial charge >= 0.3 is 18.3 Å². The second kappa shape index (κ2) is 4.09. The highest BCUT2D eigenvalue weighted by Crippen LogP contribution is 2.36. The van der Waals surface area contributed by atoms with Crippen molar-refractivity contribution in [2.45, 2.75) is 12.4 Å². The van der Waals surface area contributed by atoms with E-state index in [9.17, 15) is 31.1 Å². The van der Waals surface area contributed by atoms with Gasteiger partial charge in [-0.15, -0.1) is 0 Å². The van der Waals surface area contributed by atoms with Gasteiger partial charge in [0, 0.05) is 0 Å². The minimum Gasteiger partial charge on any atom is -0.300 e. The quantitative estimate of drug-likeness (QED) is 0.777. The van der Waals surface area contributed by atoms with Crippen molar-refractivity contribution in [1.82, 2.24) is 10.2 Å².